The smallest absolute Gasteiger partial charge is 0.295 e. The minimum Gasteiger partial charge on any atom is -0.359 e. The third kappa shape index (κ3) is 4.18. The fourth-order valence-electron chi connectivity index (χ4n) is 2.52. The van der Waals surface area contributed by atoms with Gasteiger partial charge in [-0.3, -0.25) is 19.7 Å². The van der Waals surface area contributed by atoms with Crippen molar-refractivity contribution >= 4 is 23.2 Å². The van der Waals surface area contributed by atoms with E-state index >= 15 is 0 Å². The fraction of sp³-hybridized carbons (Fsp3) is 0.111. The van der Waals surface area contributed by atoms with Crippen LogP contribution in [0.5, 0.6) is 0 Å². The lowest BCUT2D eigenvalue weighted by molar-refractivity contribution is -0.384. The minimum absolute atomic E-state index is 0.114. The molecule has 1 heterocycles. The van der Waals surface area contributed by atoms with Gasteiger partial charge in [0.1, 0.15) is 18.3 Å². The molecule has 0 aliphatic carbocycles. The average Bonchev–Trinajstić information content (AvgIpc) is 3.23. The Morgan fingerprint density at radius 3 is 2.54 bits per heavy atom. The summed E-state index contributed by atoms with van der Waals surface area (Å²) in [6, 6.07) is 10.9. The summed E-state index contributed by atoms with van der Waals surface area (Å²) in [7, 11) is 1.56. The van der Waals surface area contributed by atoms with Crippen LogP contribution in [-0.4, -0.2) is 38.5 Å². The number of likely N-dealkylation sites (N-methyl/N-ethyl adjacent to an activating group) is 1. The lowest BCUT2D eigenvalue weighted by Crippen LogP contribution is -2.19. The van der Waals surface area contributed by atoms with E-state index in [2.05, 4.69) is 20.7 Å². The van der Waals surface area contributed by atoms with E-state index in [1.165, 1.54) is 35.5 Å². The van der Waals surface area contributed by atoms with E-state index in [9.17, 15) is 19.7 Å². The van der Waals surface area contributed by atoms with Crippen molar-refractivity contribution in [3.05, 3.63) is 76.4 Å². The van der Waals surface area contributed by atoms with Crippen LogP contribution in [0.2, 0.25) is 0 Å². The summed E-state index contributed by atoms with van der Waals surface area (Å²) in [5, 5.41) is 20.5. The molecule has 10 nitrogen and oxygen atoms in total. The number of anilines is 1. The molecule has 1 aromatic heterocycles. The van der Waals surface area contributed by atoms with Crippen LogP contribution in [0.25, 0.3) is 5.69 Å². The van der Waals surface area contributed by atoms with Crippen LogP contribution in [0.4, 0.5) is 11.4 Å². The van der Waals surface area contributed by atoms with Gasteiger partial charge in [-0.1, -0.05) is 12.1 Å². The van der Waals surface area contributed by atoms with Crippen molar-refractivity contribution < 1.29 is 14.5 Å². The molecule has 2 N–H and O–H groups in total. The maximum Gasteiger partial charge on any atom is 0.295 e. The summed E-state index contributed by atoms with van der Waals surface area (Å²) in [5.41, 5.74) is 1.38. The van der Waals surface area contributed by atoms with Crippen LogP contribution in [0.15, 0.2) is 55.1 Å². The van der Waals surface area contributed by atoms with Crippen molar-refractivity contribution in [2.24, 2.45) is 0 Å². The van der Waals surface area contributed by atoms with E-state index in [1.807, 2.05) is 0 Å². The second kappa shape index (κ2) is 8.08. The third-order valence-electron chi connectivity index (χ3n) is 3.96. The molecule has 0 aliphatic rings. The largest absolute Gasteiger partial charge is 0.359 e. The Bertz CT molecular complexity index is 1020. The Hall–Kier alpha value is -4.08. The molecule has 3 rings (SSSR count). The fourth-order valence-corrected chi connectivity index (χ4v) is 2.52. The predicted molar refractivity (Wildman–Crippen MR) is 100 cm³/mol. The highest BCUT2D eigenvalue weighted by molar-refractivity contribution is 6.05. The van der Waals surface area contributed by atoms with Crippen molar-refractivity contribution in [3.63, 3.8) is 0 Å². The number of nitro benzene ring substituents is 1. The quantitative estimate of drug-likeness (QED) is 0.494. The summed E-state index contributed by atoms with van der Waals surface area (Å²) in [5.74, 6) is -0.608. The molecule has 0 aliphatic heterocycles. The number of benzene rings is 2. The summed E-state index contributed by atoms with van der Waals surface area (Å²) < 4.78 is 1.25. The minimum atomic E-state index is -0.582. The standard InChI is InChI=1S/C18H16N6O4/c1-19-17(25)8-12-2-5-14(6-3-12)22-18(26)13-4-7-15(16(9-13)24(27)28)23-11-20-10-21-23/h2-7,9-11H,8H2,1H3,(H,19,25)(H,22,26). The van der Waals surface area contributed by atoms with Gasteiger partial charge < -0.3 is 10.6 Å². The molecule has 0 unspecified atom stereocenters. The Labute approximate surface area is 159 Å². The highest BCUT2D eigenvalue weighted by Gasteiger charge is 2.19. The zero-order chi connectivity index (χ0) is 20.1. The lowest BCUT2D eigenvalue weighted by atomic mass is 10.1. The first-order valence-corrected chi connectivity index (χ1v) is 8.22. The van der Waals surface area contributed by atoms with Gasteiger partial charge in [-0.25, -0.2) is 9.67 Å². The maximum atomic E-state index is 12.5. The number of aromatic nitrogens is 3. The van der Waals surface area contributed by atoms with Crippen LogP contribution in [0.3, 0.4) is 0 Å². The van der Waals surface area contributed by atoms with Gasteiger partial charge in [0.15, 0.2) is 0 Å². The summed E-state index contributed by atoms with van der Waals surface area (Å²) >= 11 is 0. The Kier molecular flexibility index (Phi) is 5.40. The average molecular weight is 380 g/mol. The third-order valence-corrected chi connectivity index (χ3v) is 3.96. The number of hydrogen-bond donors (Lipinski definition) is 2. The number of rotatable bonds is 6. The molecule has 2 amide bonds. The van der Waals surface area contributed by atoms with Crippen molar-refractivity contribution in [3.8, 4) is 5.69 Å². The molecule has 0 bridgehead atoms. The number of nitro groups is 1. The van der Waals surface area contributed by atoms with Gasteiger partial charge in [0.2, 0.25) is 5.91 Å². The molecule has 10 heteroatoms. The molecule has 0 saturated carbocycles. The van der Waals surface area contributed by atoms with Crippen molar-refractivity contribution in [1.82, 2.24) is 20.1 Å². The Morgan fingerprint density at radius 2 is 1.93 bits per heavy atom. The zero-order valence-corrected chi connectivity index (χ0v) is 14.8. The van der Waals surface area contributed by atoms with Crippen LogP contribution in [-0.2, 0) is 11.2 Å². The van der Waals surface area contributed by atoms with Crippen LogP contribution < -0.4 is 10.6 Å². The van der Waals surface area contributed by atoms with E-state index in [0.717, 1.165) is 5.56 Å². The lowest BCUT2D eigenvalue weighted by Gasteiger charge is -2.08. The molecule has 3 aromatic rings. The second-order valence-corrected chi connectivity index (χ2v) is 5.80. The molecule has 0 fully saturated rings. The van der Waals surface area contributed by atoms with E-state index in [1.54, 1.807) is 31.3 Å². The van der Waals surface area contributed by atoms with Crippen LogP contribution >= 0.6 is 0 Å². The topological polar surface area (TPSA) is 132 Å². The van der Waals surface area contributed by atoms with Crippen molar-refractivity contribution in [2.75, 3.05) is 12.4 Å². The first-order valence-electron chi connectivity index (χ1n) is 8.22. The first-order chi connectivity index (χ1) is 13.5. The highest BCUT2D eigenvalue weighted by atomic mass is 16.6. The number of nitrogens with zero attached hydrogens (tertiary/aromatic N) is 4. The van der Waals surface area contributed by atoms with Gasteiger partial charge >= 0.3 is 0 Å². The van der Waals surface area contributed by atoms with Gasteiger partial charge in [0.25, 0.3) is 11.6 Å². The molecule has 0 saturated heterocycles. The van der Waals surface area contributed by atoms with Crippen molar-refractivity contribution in [1.29, 1.82) is 0 Å². The van der Waals surface area contributed by atoms with Crippen LogP contribution in [0.1, 0.15) is 15.9 Å². The van der Waals surface area contributed by atoms with Gasteiger partial charge in [-0.05, 0) is 29.8 Å². The monoisotopic (exact) mass is 380 g/mol. The number of hydrogen-bond acceptors (Lipinski definition) is 6. The Balaban J connectivity index is 1.78. The van der Waals surface area contributed by atoms with Gasteiger partial charge in [0.05, 0.1) is 11.3 Å². The highest BCUT2D eigenvalue weighted by Crippen LogP contribution is 2.24. The number of nitrogens with one attached hydrogen (secondary N) is 2. The van der Waals surface area contributed by atoms with E-state index in [4.69, 9.17) is 0 Å². The molecule has 2 aromatic carbocycles. The zero-order valence-electron chi connectivity index (χ0n) is 14.8. The predicted octanol–water partition coefficient (Wildman–Crippen LogP) is 1.72. The molecule has 0 atom stereocenters. The second-order valence-electron chi connectivity index (χ2n) is 5.80. The number of carbonyl (C=O) groups excluding carboxylic acids is 2. The van der Waals surface area contributed by atoms with E-state index in [-0.39, 0.29) is 29.3 Å². The molecular formula is C18H16N6O4. The number of amides is 2. The molecule has 28 heavy (non-hydrogen) atoms. The number of carbonyl (C=O) groups is 2. The van der Waals surface area contributed by atoms with Crippen LogP contribution in [0, 0.1) is 10.1 Å². The SMILES string of the molecule is CNC(=O)Cc1ccc(NC(=O)c2ccc(-n3cncn3)c([N+](=O)[O-])c2)cc1. The van der Waals surface area contributed by atoms with Gasteiger partial charge in [0, 0.05) is 24.4 Å². The normalized spacial score (nSPS) is 10.3. The first kappa shape index (κ1) is 18.7. The van der Waals surface area contributed by atoms with E-state index in [0.29, 0.717) is 5.69 Å². The molecule has 0 radical (unpaired) electrons. The van der Waals surface area contributed by atoms with Crippen molar-refractivity contribution in [2.45, 2.75) is 6.42 Å². The molecular weight excluding hydrogens is 364 g/mol. The maximum absolute atomic E-state index is 12.5. The molecule has 142 valence electrons. The summed E-state index contributed by atoms with van der Waals surface area (Å²) in [4.78, 5) is 38.4. The molecule has 0 spiro atoms. The van der Waals surface area contributed by atoms with E-state index < -0.39 is 10.8 Å². The van der Waals surface area contributed by atoms with Gasteiger partial charge in [-0.2, -0.15) is 5.10 Å². The summed E-state index contributed by atoms with van der Waals surface area (Å²) in [6.45, 7) is 0. The van der Waals surface area contributed by atoms with Gasteiger partial charge in [-0.15, -0.1) is 0 Å². The Morgan fingerprint density at radius 1 is 1.18 bits per heavy atom. The summed E-state index contributed by atoms with van der Waals surface area (Å²) in [6.07, 6.45) is 2.83.